The van der Waals surface area contributed by atoms with Crippen LogP contribution in [0.5, 0.6) is 5.75 Å². The molecule has 0 aliphatic carbocycles. The van der Waals surface area contributed by atoms with E-state index in [-0.39, 0.29) is 5.97 Å². The van der Waals surface area contributed by atoms with E-state index in [4.69, 9.17) is 14.2 Å². The van der Waals surface area contributed by atoms with Crippen molar-refractivity contribution in [2.45, 2.75) is 32.6 Å². The van der Waals surface area contributed by atoms with Crippen LogP contribution in [0.1, 0.15) is 32.8 Å². The first-order chi connectivity index (χ1) is 12.5. The monoisotopic (exact) mass is 356 g/mol. The lowest BCUT2D eigenvalue weighted by atomic mass is 9.83. The molecule has 0 heterocycles. The second kappa shape index (κ2) is 9.39. The number of benzene rings is 2. The zero-order valence-electron chi connectivity index (χ0n) is 16.1. The second-order valence-electron chi connectivity index (χ2n) is 6.62. The maximum Gasteiger partial charge on any atom is 0.315 e. The number of rotatable bonds is 9. The molecule has 0 radical (unpaired) electrons. The Morgan fingerprint density at radius 1 is 1.04 bits per heavy atom. The van der Waals surface area contributed by atoms with Gasteiger partial charge in [0.25, 0.3) is 0 Å². The molecule has 4 nitrogen and oxygen atoms in total. The summed E-state index contributed by atoms with van der Waals surface area (Å²) in [5.41, 5.74) is 2.22. The summed E-state index contributed by atoms with van der Waals surface area (Å²) in [6.45, 7) is 7.13. The van der Waals surface area contributed by atoms with Crippen molar-refractivity contribution in [3.8, 4) is 16.9 Å². The van der Waals surface area contributed by atoms with Gasteiger partial charge in [0.1, 0.15) is 5.75 Å². The van der Waals surface area contributed by atoms with E-state index in [2.05, 4.69) is 0 Å². The Labute approximate surface area is 156 Å². The second-order valence-corrected chi connectivity index (χ2v) is 6.62. The van der Waals surface area contributed by atoms with Crippen LogP contribution in [0.25, 0.3) is 11.1 Å². The molecule has 0 amide bonds. The molecular weight excluding hydrogens is 328 g/mol. The molecule has 0 atom stereocenters. The van der Waals surface area contributed by atoms with E-state index in [0.717, 1.165) is 28.9 Å². The number of hydrogen-bond donors (Lipinski definition) is 0. The zero-order valence-corrected chi connectivity index (χ0v) is 16.1. The van der Waals surface area contributed by atoms with Gasteiger partial charge < -0.3 is 14.2 Å². The minimum atomic E-state index is -0.740. The van der Waals surface area contributed by atoms with Crippen LogP contribution in [0.15, 0.2) is 48.5 Å². The van der Waals surface area contributed by atoms with Gasteiger partial charge in [0.2, 0.25) is 0 Å². The Hall–Kier alpha value is -2.33. The van der Waals surface area contributed by atoms with Gasteiger partial charge in [0, 0.05) is 25.7 Å². The van der Waals surface area contributed by atoms with Crippen LogP contribution >= 0.6 is 0 Å². The van der Waals surface area contributed by atoms with Gasteiger partial charge in [0.15, 0.2) is 0 Å². The Bertz CT molecular complexity index is 707. The fourth-order valence-electron chi connectivity index (χ4n) is 2.70. The third-order valence-electron chi connectivity index (χ3n) is 4.32. The smallest absolute Gasteiger partial charge is 0.315 e. The van der Waals surface area contributed by atoms with Crippen molar-refractivity contribution in [2.75, 3.05) is 26.9 Å². The van der Waals surface area contributed by atoms with Gasteiger partial charge in [-0.3, -0.25) is 4.79 Å². The third kappa shape index (κ3) is 4.85. The Balaban J connectivity index is 2.36. The maximum absolute atomic E-state index is 12.4. The number of carbonyl (C=O) groups is 1. The molecule has 0 aromatic heterocycles. The molecule has 0 spiro atoms. The van der Waals surface area contributed by atoms with Gasteiger partial charge >= 0.3 is 5.97 Å². The van der Waals surface area contributed by atoms with Crippen LogP contribution in [0.2, 0.25) is 0 Å². The van der Waals surface area contributed by atoms with Crippen LogP contribution in [0.4, 0.5) is 0 Å². The van der Waals surface area contributed by atoms with E-state index in [0.29, 0.717) is 19.8 Å². The van der Waals surface area contributed by atoms with E-state index in [1.807, 2.05) is 69.3 Å². The van der Waals surface area contributed by atoms with Crippen LogP contribution in [0, 0.1) is 0 Å². The van der Waals surface area contributed by atoms with E-state index in [1.54, 1.807) is 7.11 Å². The van der Waals surface area contributed by atoms with Gasteiger partial charge in [-0.05, 0) is 38.0 Å². The van der Waals surface area contributed by atoms with Gasteiger partial charge in [-0.15, -0.1) is 0 Å². The van der Waals surface area contributed by atoms with E-state index < -0.39 is 5.41 Å². The molecule has 26 heavy (non-hydrogen) atoms. The minimum absolute atomic E-state index is 0.238. The fraction of sp³-hybridized carbons (Fsp3) is 0.409. The molecule has 0 saturated carbocycles. The van der Waals surface area contributed by atoms with Gasteiger partial charge in [-0.25, -0.2) is 0 Å². The third-order valence-corrected chi connectivity index (χ3v) is 4.32. The molecule has 0 N–H and O–H groups in total. The number of methoxy groups -OCH3 is 1. The van der Waals surface area contributed by atoms with Crippen molar-refractivity contribution in [1.82, 2.24) is 0 Å². The number of hydrogen-bond acceptors (Lipinski definition) is 4. The summed E-state index contributed by atoms with van der Waals surface area (Å²) in [6, 6.07) is 16.0. The Morgan fingerprint density at radius 3 is 2.42 bits per heavy atom. The van der Waals surface area contributed by atoms with Crippen LogP contribution in [-0.4, -0.2) is 32.9 Å². The summed E-state index contributed by atoms with van der Waals surface area (Å²) < 4.78 is 16.4. The van der Waals surface area contributed by atoms with Gasteiger partial charge in [0.05, 0.1) is 18.6 Å². The molecule has 0 bridgehead atoms. The molecule has 2 aromatic carbocycles. The fourth-order valence-corrected chi connectivity index (χ4v) is 2.70. The lowest BCUT2D eigenvalue weighted by Gasteiger charge is -2.24. The summed E-state index contributed by atoms with van der Waals surface area (Å²) in [5.74, 6) is 0.528. The molecule has 2 rings (SSSR count). The van der Waals surface area contributed by atoms with E-state index >= 15 is 0 Å². The van der Waals surface area contributed by atoms with Crippen molar-refractivity contribution in [2.24, 2.45) is 0 Å². The maximum atomic E-state index is 12.4. The summed E-state index contributed by atoms with van der Waals surface area (Å²) in [6.07, 6.45) is 0.802. The summed E-state index contributed by atoms with van der Waals surface area (Å²) in [5, 5.41) is 0. The first-order valence-corrected chi connectivity index (χ1v) is 8.99. The molecule has 4 heteroatoms. The van der Waals surface area contributed by atoms with Crippen LogP contribution < -0.4 is 4.74 Å². The highest BCUT2D eigenvalue weighted by molar-refractivity contribution is 5.83. The average Bonchev–Trinajstić information content (AvgIpc) is 2.66. The quantitative estimate of drug-likeness (QED) is 0.486. The molecule has 0 fully saturated rings. The molecule has 0 unspecified atom stereocenters. The van der Waals surface area contributed by atoms with E-state index in [1.165, 1.54) is 0 Å². The molecule has 0 aliphatic heterocycles. The first-order valence-electron chi connectivity index (χ1n) is 8.99. The standard InChI is InChI=1S/C22H28O4/c1-5-25-21(23)22(2,3)18-12-13-19(17-10-7-6-8-11-17)20(16-18)26-15-9-14-24-4/h6-8,10-13,16H,5,9,14-15H2,1-4H3. The number of carbonyl (C=O) groups excluding carboxylic acids is 1. The highest BCUT2D eigenvalue weighted by Gasteiger charge is 2.32. The number of esters is 1. The lowest BCUT2D eigenvalue weighted by Crippen LogP contribution is -2.31. The zero-order chi connectivity index (χ0) is 19.0. The topological polar surface area (TPSA) is 44.8 Å². The number of ether oxygens (including phenoxy) is 3. The SMILES string of the molecule is CCOC(=O)C(C)(C)c1ccc(-c2ccccc2)c(OCCCOC)c1. The predicted octanol–water partition coefficient (Wildman–Crippen LogP) is 4.61. The van der Waals surface area contributed by atoms with Crippen molar-refractivity contribution in [3.63, 3.8) is 0 Å². The van der Waals surface area contributed by atoms with E-state index in [9.17, 15) is 4.79 Å². The Kier molecular flexibility index (Phi) is 7.22. The molecule has 0 aliphatic rings. The first kappa shape index (κ1) is 20.0. The normalized spacial score (nSPS) is 11.2. The summed E-state index contributed by atoms with van der Waals surface area (Å²) in [4.78, 5) is 12.4. The van der Waals surface area contributed by atoms with Crippen molar-refractivity contribution < 1.29 is 19.0 Å². The molecule has 2 aromatic rings. The average molecular weight is 356 g/mol. The summed E-state index contributed by atoms with van der Waals surface area (Å²) in [7, 11) is 1.68. The van der Waals surface area contributed by atoms with Crippen LogP contribution in [-0.2, 0) is 19.7 Å². The predicted molar refractivity (Wildman–Crippen MR) is 104 cm³/mol. The van der Waals surface area contributed by atoms with Crippen molar-refractivity contribution >= 4 is 5.97 Å². The highest BCUT2D eigenvalue weighted by Crippen LogP contribution is 2.35. The lowest BCUT2D eigenvalue weighted by molar-refractivity contribution is -0.148. The van der Waals surface area contributed by atoms with Crippen molar-refractivity contribution in [1.29, 1.82) is 0 Å². The largest absolute Gasteiger partial charge is 0.493 e. The summed E-state index contributed by atoms with van der Waals surface area (Å²) >= 11 is 0. The Morgan fingerprint density at radius 2 is 1.77 bits per heavy atom. The van der Waals surface area contributed by atoms with Crippen molar-refractivity contribution in [3.05, 3.63) is 54.1 Å². The van der Waals surface area contributed by atoms with Gasteiger partial charge in [-0.2, -0.15) is 0 Å². The van der Waals surface area contributed by atoms with Gasteiger partial charge in [-0.1, -0.05) is 42.5 Å². The molecule has 0 saturated heterocycles. The van der Waals surface area contributed by atoms with Crippen LogP contribution in [0.3, 0.4) is 0 Å². The molecule has 140 valence electrons. The highest BCUT2D eigenvalue weighted by atomic mass is 16.5. The molecular formula is C22H28O4. The minimum Gasteiger partial charge on any atom is -0.493 e.